The summed E-state index contributed by atoms with van der Waals surface area (Å²) in [6.45, 7) is 9.73. The van der Waals surface area contributed by atoms with Crippen molar-refractivity contribution in [2.75, 3.05) is 0 Å². The van der Waals surface area contributed by atoms with Crippen LogP contribution in [0.15, 0.2) is 60.3 Å². The van der Waals surface area contributed by atoms with E-state index in [4.69, 9.17) is 10.5 Å². The number of hydrogen-bond acceptors (Lipinski definition) is 4. The van der Waals surface area contributed by atoms with E-state index in [1.807, 2.05) is 58.1 Å². The molecule has 0 aromatic heterocycles. The Balaban J connectivity index is 0.00000176. The molecule has 146 valence electrons. The van der Waals surface area contributed by atoms with Gasteiger partial charge < -0.3 is 15.8 Å². The SMILES string of the molecule is CC.CC1C=CC=C(NC(=O)c2ccccc2OC(=O)C(N)C(C)C)C=C1. The number of nitrogens with one attached hydrogen (secondary N) is 1. The predicted molar refractivity (Wildman–Crippen MR) is 109 cm³/mol. The minimum absolute atomic E-state index is 0.0523. The van der Waals surface area contributed by atoms with Crippen molar-refractivity contribution in [1.29, 1.82) is 0 Å². The average Bonchev–Trinajstić information content (AvgIpc) is 2.87. The molecule has 1 aromatic rings. The first-order valence-corrected chi connectivity index (χ1v) is 9.33. The van der Waals surface area contributed by atoms with Gasteiger partial charge in [-0.05, 0) is 36.1 Å². The van der Waals surface area contributed by atoms with Crippen LogP contribution in [-0.4, -0.2) is 17.9 Å². The maximum atomic E-state index is 12.6. The van der Waals surface area contributed by atoms with Gasteiger partial charge in [-0.2, -0.15) is 0 Å². The molecule has 5 heteroatoms. The van der Waals surface area contributed by atoms with Crippen molar-refractivity contribution in [2.45, 2.75) is 40.7 Å². The molecule has 0 radical (unpaired) electrons. The van der Waals surface area contributed by atoms with E-state index in [1.54, 1.807) is 24.3 Å². The Morgan fingerprint density at radius 2 is 1.81 bits per heavy atom. The molecule has 1 aliphatic carbocycles. The zero-order valence-corrected chi connectivity index (χ0v) is 16.7. The van der Waals surface area contributed by atoms with E-state index in [0.29, 0.717) is 11.6 Å². The van der Waals surface area contributed by atoms with E-state index < -0.39 is 12.0 Å². The van der Waals surface area contributed by atoms with Crippen molar-refractivity contribution in [3.8, 4) is 5.75 Å². The van der Waals surface area contributed by atoms with Gasteiger partial charge in [0.2, 0.25) is 0 Å². The third-order valence-electron chi connectivity index (χ3n) is 3.86. The average molecular weight is 370 g/mol. The molecule has 2 unspecified atom stereocenters. The molecule has 0 heterocycles. The van der Waals surface area contributed by atoms with Crippen molar-refractivity contribution in [3.05, 3.63) is 65.9 Å². The van der Waals surface area contributed by atoms with E-state index in [1.165, 1.54) is 0 Å². The van der Waals surface area contributed by atoms with Crippen LogP contribution >= 0.6 is 0 Å². The van der Waals surface area contributed by atoms with E-state index in [-0.39, 0.29) is 23.1 Å². The monoisotopic (exact) mass is 370 g/mol. The molecule has 0 bridgehead atoms. The van der Waals surface area contributed by atoms with E-state index >= 15 is 0 Å². The second kappa shape index (κ2) is 11.1. The van der Waals surface area contributed by atoms with Crippen LogP contribution in [0.3, 0.4) is 0 Å². The van der Waals surface area contributed by atoms with Gasteiger partial charge in [-0.3, -0.25) is 4.79 Å². The highest BCUT2D eigenvalue weighted by molar-refractivity contribution is 5.99. The van der Waals surface area contributed by atoms with Gasteiger partial charge in [0.15, 0.2) is 0 Å². The minimum Gasteiger partial charge on any atom is -0.425 e. The Bertz CT molecular complexity index is 733. The molecule has 0 fully saturated rings. The van der Waals surface area contributed by atoms with Gasteiger partial charge in [0.05, 0.1) is 5.56 Å². The summed E-state index contributed by atoms with van der Waals surface area (Å²) in [5.41, 5.74) is 6.76. The van der Waals surface area contributed by atoms with E-state index in [2.05, 4.69) is 12.2 Å². The van der Waals surface area contributed by atoms with Gasteiger partial charge >= 0.3 is 5.97 Å². The van der Waals surface area contributed by atoms with Gasteiger partial charge in [0.25, 0.3) is 5.91 Å². The Hall–Kier alpha value is -2.66. The molecule has 1 amide bonds. The van der Waals surface area contributed by atoms with Crippen molar-refractivity contribution >= 4 is 11.9 Å². The van der Waals surface area contributed by atoms with Gasteiger partial charge in [0.1, 0.15) is 11.8 Å². The van der Waals surface area contributed by atoms with Crippen molar-refractivity contribution in [1.82, 2.24) is 5.32 Å². The first-order chi connectivity index (χ1) is 12.9. The fourth-order valence-corrected chi connectivity index (χ4v) is 2.18. The highest BCUT2D eigenvalue weighted by Crippen LogP contribution is 2.20. The third-order valence-corrected chi connectivity index (χ3v) is 3.86. The minimum atomic E-state index is -0.741. The van der Waals surface area contributed by atoms with E-state index in [9.17, 15) is 9.59 Å². The normalized spacial score (nSPS) is 16.6. The Labute approximate surface area is 162 Å². The van der Waals surface area contributed by atoms with Gasteiger partial charge in [0, 0.05) is 5.70 Å². The number of carbonyl (C=O) groups excluding carboxylic acids is 2. The molecule has 2 atom stereocenters. The van der Waals surface area contributed by atoms with E-state index in [0.717, 1.165) is 0 Å². The molecule has 0 saturated carbocycles. The third kappa shape index (κ3) is 6.87. The van der Waals surface area contributed by atoms with Crippen LogP contribution in [0.2, 0.25) is 0 Å². The first kappa shape index (κ1) is 22.4. The number of hydrogen-bond donors (Lipinski definition) is 2. The molecular formula is C22H30N2O3. The summed E-state index contributed by atoms with van der Waals surface area (Å²) in [7, 11) is 0. The van der Waals surface area contributed by atoms with Gasteiger partial charge in [-0.1, -0.05) is 65.0 Å². The Morgan fingerprint density at radius 3 is 2.48 bits per heavy atom. The Morgan fingerprint density at radius 1 is 1.15 bits per heavy atom. The number of amides is 1. The fourth-order valence-electron chi connectivity index (χ4n) is 2.18. The van der Waals surface area contributed by atoms with Crippen LogP contribution in [-0.2, 0) is 4.79 Å². The molecule has 1 aromatic carbocycles. The lowest BCUT2D eigenvalue weighted by Gasteiger charge is -2.16. The number of rotatable bonds is 5. The van der Waals surface area contributed by atoms with Crippen molar-refractivity contribution in [3.63, 3.8) is 0 Å². The first-order valence-electron chi connectivity index (χ1n) is 9.33. The highest BCUT2D eigenvalue weighted by Gasteiger charge is 2.22. The molecule has 3 N–H and O–H groups in total. The summed E-state index contributed by atoms with van der Waals surface area (Å²) in [4.78, 5) is 24.7. The van der Waals surface area contributed by atoms with Gasteiger partial charge in [-0.15, -0.1) is 0 Å². The van der Waals surface area contributed by atoms with Crippen molar-refractivity contribution in [2.24, 2.45) is 17.6 Å². The molecular weight excluding hydrogens is 340 g/mol. The maximum absolute atomic E-state index is 12.6. The smallest absolute Gasteiger partial charge is 0.328 e. The lowest BCUT2D eigenvalue weighted by atomic mass is 10.1. The second-order valence-electron chi connectivity index (χ2n) is 6.37. The lowest BCUT2D eigenvalue weighted by molar-refractivity contribution is -0.136. The highest BCUT2D eigenvalue weighted by atomic mass is 16.5. The van der Waals surface area contributed by atoms with Gasteiger partial charge in [-0.25, -0.2) is 4.79 Å². The maximum Gasteiger partial charge on any atom is 0.328 e. The molecule has 1 aliphatic rings. The Kier molecular flexibility index (Phi) is 9.23. The number of para-hydroxylation sites is 1. The summed E-state index contributed by atoms with van der Waals surface area (Å²) >= 11 is 0. The number of nitrogens with two attached hydrogens (primary N) is 1. The standard InChI is InChI=1S/C20H24N2O3.C2H6/c1-13(2)18(21)20(24)25-17-10-5-4-9-16(17)19(23)22-15-8-6-7-14(3)11-12-15;1-2/h4-14,18H,21H2,1-3H3,(H,22,23);1-2H3. The number of ether oxygens (including phenoxy) is 1. The molecule has 0 saturated heterocycles. The summed E-state index contributed by atoms with van der Waals surface area (Å²) in [6.07, 6.45) is 9.59. The molecule has 0 spiro atoms. The zero-order chi connectivity index (χ0) is 20.4. The summed E-state index contributed by atoms with van der Waals surface area (Å²) in [5, 5.41) is 2.82. The molecule has 5 nitrogen and oxygen atoms in total. The number of carbonyl (C=O) groups is 2. The van der Waals surface area contributed by atoms with Crippen LogP contribution in [0, 0.1) is 11.8 Å². The molecule has 0 aliphatic heterocycles. The van der Waals surface area contributed by atoms with Crippen LogP contribution < -0.4 is 15.8 Å². The fraction of sp³-hybridized carbons (Fsp3) is 0.364. The van der Waals surface area contributed by atoms with Crippen LogP contribution in [0.25, 0.3) is 0 Å². The lowest BCUT2D eigenvalue weighted by Crippen LogP contribution is -2.39. The summed E-state index contributed by atoms with van der Waals surface area (Å²) < 4.78 is 5.34. The molecule has 27 heavy (non-hydrogen) atoms. The largest absolute Gasteiger partial charge is 0.425 e. The quantitative estimate of drug-likeness (QED) is 0.607. The van der Waals surface area contributed by atoms with Crippen LogP contribution in [0.4, 0.5) is 0 Å². The second-order valence-corrected chi connectivity index (χ2v) is 6.37. The predicted octanol–water partition coefficient (Wildman–Crippen LogP) is 3.98. The topological polar surface area (TPSA) is 81.4 Å². The number of allylic oxidation sites excluding steroid dienone is 5. The molecule has 2 rings (SSSR count). The van der Waals surface area contributed by atoms with Crippen LogP contribution in [0.1, 0.15) is 45.0 Å². The number of esters is 1. The zero-order valence-electron chi connectivity index (χ0n) is 16.7. The summed E-state index contributed by atoms with van der Waals surface area (Å²) in [5.74, 6) is -0.455. The van der Waals surface area contributed by atoms with Crippen molar-refractivity contribution < 1.29 is 14.3 Å². The number of benzene rings is 1. The van der Waals surface area contributed by atoms with Crippen LogP contribution in [0.5, 0.6) is 5.75 Å². The summed E-state index contributed by atoms with van der Waals surface area (Å²) in [6, 6.07) is 5.87.